The Kier molecular flexibility index (Phi) is 5.98. The lowest BCUT2D eigenvalue weighted by atomic mass is 10.1. The topological polar surface area (TPSA) is 51.2 Å². The van der Waals surface area contributed by atoms with Crippen molar-refractivity contribution >= 4 is 15.9 Å². The van der Waals surface area contributed by atoms with Crippen molar-refractivity contribution < 1.29 is 4.42 Å². The Labute approximate surface area is 99.5 Å². The van der Waals surface area contributed by atoms with Gasteiger partial charge in [0.2, 0.25) is 0 Å². The van der Waals surface area contributed by atoms with Crippen LogP contribution >= 0.6 is 15.9 Å². The number of hydrazine groups is 1. The molecule has 86 valence electrons. The average molecular weight is 275 g/mol. The van der Waals surface area contributed by atoms with Crippen molar-refractivity contribution in [2.75, 3.05) is 0 Å². The minimum atomic E-state index is 0.117. The standard InChI is InChI=1S/C11H19BrN2O/c1-2-3-4-5-6-10(14-13)11-9(12)7-8-15-11/h7-8,10,14H,2-6,13H2,1H3. The van der Waals surface area contributed by atoms with Gasteiger partial charge in [-0.05, 0) is 28.4 Å². The fourth-order valence-corrected chi connectivity index (χ4v) is 2.10. The lowest BCUT2D eigenvalue weighted by molar-refractivity contribution is 0.387. The van der Waals surface area contributed by atoms with Gasteiger partial charge in [0.05, 0.1) is 16.8 Å². The lowest BCUT2D eigenvalue weighted by Gasteiger charge is -2.13. The molecule has 1 rings (SSSR count). The second-order valence-electron chi connectivity index (χ2n) is 3.70. The summed E-state index contributed by atoms with van der Waals surface area (Å²) in [5.41, 5.74) is 2.80. The van der Waals surface area contributed by atoms with E-state index < -0.39 is 0 Å². The molecule has 3 N–H and O–H groups in total. The van der Waals surface area contributed by atoms with E-state index in [4.69, 9.17) is 10.3 Å². The van der Waals surface area contributed by atoms with Crippen molar-refractivity contribution in [2.45, 2.75) is 45.1 Å². The highest BCUT2D eigenvalue weighted by Crippen LogP contribution is 2.27. The molecule has 15 heavy (non-hydrogen) atoms. The fourth-order valence-electron chi connectivity index (χ4n) is 1.62. The molecule has 0 bridgehead atoms. The molecule has 0 fully saturated rings. The molecule has 0 saturated carbocycles. The third-order valence-corrected chi connectivity index (χ3v) is 3.16. The molecule has 0 amide bonds. The highest BCUT2D eigenvalue weighted by molar-refractivity contribution is 9.10. The van der Waals surface area contributed by atoms with Gasteiger partial charge in [0, 0.05) is 0 Å². The second kappa shape index (κ2) is 7.04. The summed E-state index contributed by atoms with van der Waals surface area (Å²) in [6.45, 7) is 2.21. The molecule has 1 unspecified atom stereocenters. The van der Waals surface area contributed by atoms with Gasteiger partial charge in [-0.1, -0.05) is 32.6 Å². The normalized spacial score (nSPS) is 13.0. The molecule has 0 aliphatic heterocycles. The molecule has 0 spiro atoms. The molecule has 1 aromatic rings. The van der Waals surface area contributed by atoms with Crippen LogP contribution in [0, 0.1) is 0 Å². The molecule has 1 heterocycles. The number of nitrogens with one attached hydrogen (secondary N) is 1. The highest BCUT2D eigenvalue weighted by atomic mass is 79.9. The Balaban J connectivity index is 2.39. The van der Waals surface area contributed by atoms with E-state index in [9.17, 15) is 0 Å². The largest absolute Gasteiger partial charge is 0.466 e. The van der Waals surface area contributed by atoms with Gasteiger partial charge >= 0.3 is 0 Å². The molecular formula is C11H19BrN2O. The Morgan fingerprint density at radius 1 is 1.47 bits per heavy atom. The van der Waals surface area contributed by atoms with Crippen LogP contribution in [-0.2, 0) is 0 Å². The fraction of sp³-hybridized carbons (Fsp3) is 0.636. The van der Waals surface area contributed by atoms with Crippen LogP contribution in [0.3, 0.4) is 0 Å². The van der Waals surface area contributed by atoms with E-state index in [-0.39, 0.29) is 6.04 Å². The van der Waals surface area contributed by atoms with Crippen LogP contribution in [0.5, 0.6) is 0 Å². The van der Waals surface area contributed by atoms with E-state index in [0.717, 1.165) is 16.7 Å². The number of furan rings is 1. The van der Waals surface area contributed by atoms with E-state index in [2.05, 4.69) is 28.3 Å². The highest BCUT2D eigenvalue weighted by Gasteiger charge is 2.15. The molecule has 0 aliphatic rings. The first-order valence-corrected chi connectivity index (χ1v) is 6.28. The number of halogens is 1. The predicted octanol–water partition coefficient (Wildman–Crippen LogP) is 3.52. The maximum atomic E-state index is 5.52. The van der Waals surface area contributed by atoms with Gasteiger partial charge in [-0.15, -0.1) is 0 Å². The van der Waals surface area contributed by atoms with Crippen LogP contribution in [0.1, 0.15) is 50.8 Å². The Morgan fingerprint density at radius 2 is 2.27 bits per heavy atom. The molecule has 1 aromatic heterocycles. The van der Waals surface area contributed by atoms with E-state index in [1.54, 1.807) is 6.26 Å². The average Bonchev–Trinajstić information content (AvgIpc) is 2.65. The van der Waals surface area contributed by atoms with Crippen molar-refractivity contribution in [2.24, 2.45) is 5.84 Å². The van der Waals surface area contributed by atoms with Crippen molar-refractivity contribution in [3.05, 3.63) is 22.6 Å². The van der Waals surface area contributed by atoms with Crippen LogP contribution in [0.4, 0.5) is 0 Å². The number of hydrogen-bond acceptors (Lipinski definition) is 3. The summed E-state index contributed by atoms with van der Waals surface area (Å²) in [7, 11) is 0. The summed E-state index contributed by atoms with van der Waals surface area (Å²) >= 11 is 3.44. The third kappa shape index (κ3) is 3.97. The van der Waals surface area contributed by atoms with E-state index in [1.807, 2.05) is 6.07 Å². The third-order valence-electron chi connectivity index (χ3n) is 2.51. The van der Waals surface area contributed by atoms with Crippen LogP contribution in [0.25, 0.3) is 0 Å². The van der Waals surface area contributed by atoms with Crippen LogP contribution in [-0.4, -0.2) is 0 Å². The summed E-state index contributed by atoms with van der Waals surface area (Å²) in [5.74, 6) is 6.41. The molecule has 0 aliphatic carbocycles. The zero-order valence-corrected chi connectivity index (χ0v) is 10.7. The van der Waals surface area contributed by atoms with E-state index >= 15 is 0 Å². The van der Waals surface area contributed by atoms with Gasteiger partial charge in [0.15, 0.2) is 0 Å². The molecule has 0 radical (unpaired) electrons. The van der Waals surface area contributed by atoms with Crippen LogP contribution in [0.15, 0.2) is 21.2 Å². The maximum Gasteiger partial charge on any atom is 0.136 e. The van der Waals surface area contributed by atoms with Crippen LogP contribution in [0.2, 0.25) is 0 Å². The summed E-state index contributed by atoms with van der Waals surface area (Å²) in [5, 5.41) is 0. The molecule has 3 nitrogen and oxygen atoms in total. The first kappa shape index (κ1) is 12.7. The van der Waals surface area contributed by atoms with Gasteiger partial charge in [-0.25, -0.2) is 5.43 Å². The van der Waals surface area contributed by atoms with Gasteiger partial charge in [0.25, 0.3) is 0 Å². The minimum Gasteiger partial charge on any atom is -0.466 e. The minimum absolute atomic E-state index is 0.117. The molecule has 0 saturated heterocycles. The molecule has 1 atom stereocenters. The van der Waals surface area contributed by atoms with Gasteiger partial charge < -0.3 is 4.42 Å². The quantitative estimate of drug-likeness (QED) is 0.455. The number of rotatable bonds is 7. The number of nitrogens with two attached hydrogens (primary N) is 1. The molecular weight excluding hydrogens is 256 g/mol. The Hall–Kier alpha value is -0.320. The Bertz CT molecular complexity index is 275. The first-order chi connectivity index (χ1) is 7.29. The van der Waals surface area contributed by atoms with Gasteiger partial charge in [0.1, 0.15) is 5.76 Å². The maximum absolute atomic E-state index is 5.52. The predicted molar refractivity (Wildman–Crippen MR) is 65.2 cm³/mol. The SMILES string of the molecule is CCCCCCC(NN)c1occc1Br. The van der Waals surface area contributed by atoms with Crippen molar-refractivity contribution in [1.82, 2.24) is 5.43 Å². The summed E-state index contributed by atoms with van der Waals surface area (Å²) < 4.78 is 6.37. The number of hydrogen-bond donors (Lipinski definition) is 2. The van der Waals surface area contributed by atoms with E-state index in [0.29, 0.717) is 0 Å². The van der Waals surface area contributed by atoms with Crippen LogP contribution < -0.4 is 11.3 Å². The molecule has 0 aromatic carbocycles. The lowest BCUT2D eigenvalue weighted by Crippen LogP contribution is -2.27. The van der Waals surface area contributed by atoms with Gasteiger partial charge in [-0.3, -0.25) is 5.84 Å². The monoisotopic (exact) mass is 274 g/mol. The zero-order valence-electron chi connectivity index (χ0n) is 9.13. The number of unbranched alkanes of at least 4 members (excludes halogenated alkanes) is 3. The van der Waals surface area contributed by atoms with Gasteiger partial charge in [-0.2, -0.15) is 0 Å². The summed E-state index contributed by atoms with van der Waals surface area (Å²) in [4.78, 5) is 0. The smallest absolute Gasteiger partial charge is 0.136 e. The van der Waals surface area contributed by atoms with E-state index in [1.165, 1.54) is 25.7 Å². The Morgan fingerprint density at radius 3 is 2.80 bits per heavy atom. The zero-order chi connectivity index (χ0) is 11.1. The summed E-state index contributed by atoms with van der Waals surface area (Å²) in [6.07, 6.45) is 7.67. The van der Waals surface area contributed by atoms with Crippen molar-refractivity contribution in [3.8, 4) is 0 Å². The van der Waals surface area contributed by atoms with Crippen molar-refractivity contribution in [1.29, 1.82) is 0 Å². The summed E-state index contributed by atoms with van der Waals surface area (Å²) in [6, 6.07) is 2.01. The first-order valence-electron chi connectivity index (χ1n) is 5.48. The van der Waals surface area contributed by atoms with Crippen molar-refractivity contribution in [3.63, 3.8) is 0 Å². The molecule has 4 heteroatoms. The second-order valence-corrected chi connectivity index (χ2v) is 4.56.